The summed E-state index contributed by atoms with van der Waals surface area (Å²) in [6, 6.07) is 5.07. The van der Waals surface area contributed by atoms with E-state index >= 15 is 0 Å². The van der Waals surface area contributed by atoms with E-state index in [1.807, 2.05) is 0 Å². The van der Waals surface area contributed by atoms with Gasteiger partial charge in [-0.25, -0.2) is 0 Å². The number of benzene rings is 1. The first kappa shape index (κ1) is 13.8. The Balaban J connectivity index is 1.70. The number of nitrogens with one attached hydrogen (secondary N) is 1. The van der Waals surface area contributed by atoms with Gasteiger partial charge in [0.05, 0.1) is 21.6 Å². The first-order valence-corrected chi connectivity index (χ1v) is 7.31. The van der Waals surface area contributed by atoms with E-state index in [1.54, 1.807) is 12.1 Å². The minimum absolute atomic E-state index is 0.0758. The van der Waals surface area contributed by atoms with Gasteiger partial charge in [0.15, 0.2) is 0 Å². The molecule has 1 heterocycles. The quantitative estimate of drug-likeness (QED) is 0.670. The van der Waals surface area contributed by atoms with Gasteiger partial charge in [0, 0.05) is 25.3 Å². The molecule has 2 aliphatic rings. The molecule has 0 amide bonds. The van der Waals surface area contributed by atoms with E-state index in [0.29, 0.717) is 23.0 Å². The van der Waals surface area contributed by atoms with Gasteiger partial charge in [-0.15, -0.1) is 0 Å². The highest BCUT2D eigenvalue weighted by molar-refractivity contribution is 6.31. The molecule has 2 atom stereocenters. The SMILES string of the molecule is O=[N+]([O-])c1cccc(Cl)c1CNC1CCOC1C1CC1. The van der Waals surface area contributed by atoms with Crippen molar-refractivity contribution in [1.82, 2.24) is 5.32 Å². The summed E-state index contributed by atoms with van der Waals surface area (Å²) in [5, 5.41) is 14.9. The van der Waals surface area contributed by atoms with Crippen LogP contribution >= 0.6 is 11.6 Å². The van der Waals surface area contributed by atoms with Crippen LogP contribution in [0.3, 0.4) is 0 Å². The minimum atomic E-state index is -0.383. The normalized spacial score (nSPS) is 25.9. The van der Waals surface area contributed by atoms with Gasteiger partial charge >= 0.3 is 0 Å². The molecule has 3 rings (SSSR count). The van der Waals surface area contributed by atoms with Crippen LogP contribution in [0, 0.1) is 16.0 Å². The molecule has 1 aromatic carbocycles. The smallest absolute Gasteiger partial charge is 0.275 e. The zero-order valence-corrected chi connectivity index (χ0v) is 11.8. The Hall–Kier alpha value is -1.17. The number of hydrogen-bond donors (Lipinski definition) is 1. The highest BCUT2D eigenvalue weighted by Gasteiger charge is 2.40. The molecule has 6 heteroatoms. The molecule has 1 aliphatic carbocycles. The largest absolute Gasteiger partial charge is 0.376 e. The molecule has 1 aliphatic heterocycles. The molecule has 1 N–H and O–H groups in total. The monoisotopic (exact) mass is 296 g/mol. The lowest BCUT2D eigenvalue weighted by molar-refractivity contribution is -0.385. The van der Waals surface area contributed by atoms with Crippen LogP contribution in [-0.4, -0.2) is 23.7 Å². The predicted molar refractivity (Wildman–Crippen MR) is 75.8 cm³/mol. The minimum Gasteiger partial charge on any atom is -0.376 e. The van der Waals surface area contributed by atoms with E-state index in [1.165, 1.54) is 18.9 Å². The third-order valence-corrected chi connectivity index (χ3v) is 4.41. The molecular formula is C14H17ClN2O3. The van der Waals surface area contributed by atoms with Crippen molar-refractivity contribution in [3.63, 3.8) is 0 Å². The predicted octanol–water partition coefficient (Wildman–Crippen LogP) is 2.91. The van der Waals surface area contributed by atoms with Crippen LogP contribution in [0.4, 0.5) is 5.69 Å². The third-order valence-electron chi connectivity index (χ3n) is 4.05. The fourth-order valence-electron chi connectivity index (χ4n) is 2.85. The van der Waals surface area contributed by atoms with Crippen LogP contribution < -0.4 is 5.32 Å². The van der Waals surface area contributed by atoms with Crippen LogP contribution in [0.25, 0.3) is 0 Å². The van der Waals surface area contributed by atoms with Crippen molar-refractivity contribution < 1.29 is 9.66 Å². The van der Waals surface area contributed by atoms with Gasteiger partial charge in [0.25, 0.3) is 5.69 Å². The van der Waals surface area contributed by atoms with E-state index < -0.39 is 0 Å². The van der Waals surface area contributed by atoms with Crippen molar-refractivity contribution in [3.8, 4) is 0 Å². The summed E-state index contributed by atoms with van der Waals surface area (Å²) in [6.07, 6.45) is 3.68. The number of ether oxygens (including phenoxy) is 1. The van der Waals surface area contributed by atoms with Gasteiger partial charge in [-0.3, -0.25) is 10.1 Å². The Morgan fingerprint density at radius 2 is 2.20 bits per heavy atom. The van der Waals surface area contributed by atoms with Crippen LogP contribution in [-0.2, 0) is 11.3 Å². The van der Waals surface area contributed by atoms with E-state index in [4.69, 9.17) is 16.3 Å². The molecule has 108 valence electrons. The maximum Gasteiger partial charge on any atom is 0.275 e. The number of nitrogens with zero attached hydrogens (tertiary/aromatic N) is 1. The van der Waals surface area contributed by atoms with E-state index in [-0.39, 0.29) is 22.8 Å². The first-order valence-electron chi connectivity index (χ1n) is 6.93. The van der Waals surface area contributed by atoms with Crippen molar-refractivity contribution in [2.45, 2.75) is 38.0 Å². The van der Waals surface area contributed by atoms with Crippen molar-refractivity contribution >= 4 is 17.3 Å². The van der Waals surface area contributed by atoms with Crippen molar-refractivity contribution in [2.24, 2.45) is 5.92 Å². The molecule has 20 heavy (non-hydrogen) atoms. The van der Waals surface area contributed by atoms with Gasteiger partial charge in [-0.1, -0.05) is 17.7 Å². The van der Waals surface area contributed by atoms with E-state index in [9.17, 15) is 10.1 Å². The fraction of sp³-hybridized carbons (Fsp3) is 0.571. The second kappa shape index (κ2) is 5.68. The highest BCUT2D eigenvalue weighted by atomic mass is 35.5. The number of hydrogen-bond acceptors (Lipinski definition) is 4. The molecule has 1 saturated carbocycles. The average molecular weight is 297 g/mol. The summed E-state index contributed by atoms with van der Waals surface area (Å²) in [5.74, 6) is 0.663. The second-order valence-corrected chi connectivity index (χ2v) is 5.85. The summed E-state index contributed by atoms with van der Waals surface area (Å²) >= 11 is 6.09. The van der Waals surface area contributed by atoms with Gasteiger partial charge < -0.3 is 10.1 Å². The van der Waals surface area contributed by atoms with Crippen molar-refractivity contribution in [2.75, 3.05) is 6.61 Å². The lowest BCUT2D eigenvalue weighted by Crippen LogP contribution is -2.37. The maximum atomic E-state index is 11.0. The Labute approximate surface area is 122 Å². The Bertz CT molecular complexity index is 519. The molecular weight excluding hydrogens is 280 g/mol. The Kier molecular flexibility index (Phi) is 3.92. The molecule has 1 aromatic rings. The van der Waals surface area contributed by atoms with Crippen LogP contribution in [0.15, 0.2) is 18.2 Å². The van der Waals surface area contributed by atoms with E-state index in [2.05, 4.69) is 5.32 Å². The average Bonchev–Trinajstić information content (AvgIpc) is 3.16. The third kappa shape index (κ3) is 2.80. The highest BCUT2D eigenvalue weighted by Crippen LogP contribution is 2.39. The summed E-state index contributed by atoms with van der Waals surface area (Å²) < 4.78 is 5.76. The topological polar surface area (TPSA) is 64.4 Å². The molecule has 0 aromatic heterocycles. The Morgan fingerprint density at radius 3 is 2.90 bits per heavy atom. The number of rotatable bonds is 5. The fourth-order valence-corrected chi connectivity index (χ4v) is 3.08. The zero-order valence-electron chi connectivity index (χ0n) is 11.0. The molecule has 1 saturated heterocycles. The van der Waals surface area contributed by atoms with E-state index in [0.717, 1.165) is 13.0 Å². The first-order chi connectivity index (χ1) is 9.66. The number of nitro groups is 1. The molecule has 5 nitrogen and oxygen atoms in total. The van der Waals surface area contributed by atoms with Crippen molar-refractivity contribution in [1.29, 1.82) is 0 Å². The number of nitro benzene ring substituents is 1. The maximum absolute atomic E-state index is 11.0. The van der Waals surface area contributed by atoms with Gasteiger partial charge in [0.2, 0.25) is 0 Å². The summed E-state index contributed by atoms with van der Waals surface area (Å²) in [6.45, 7) is 1.18. The molecule has 0 bridgehead atoms. The summed E-state index contributed by atoms with van der Waals surface area (Å²) in [4.78, 5) is 10.7. The molecule has 0 spiro atoms. The molecule has 2 fully saturated rings. The van der Waals surface area contributed by atoms with Gasteiger partial charge in [-0.05, 0) is 31.2 Å². The van der Waals surface area contributed by atoms with Crippen LogP contribution in [0.1, 0.15) is 24.8 Å². The summed E-state index contributed by atoms with van der Waals surface area (Å²) in [5.41, 5.74) is 0.632. The lowest BCUT2D eigenvalue weighted by atomic mass is 10.1. The summed E-state index contributed by atoms with van der Waals surface area (Å²) in [7, 11) is 0. The van der Waals surface area contributed by atoms with Crippen LogP contribution in [0.2, 0.25) is 5.02 Å². The zero-order chi connectivity index (χ0) is 14.1. The number of halogens is 1. The Morgan fingerprint density at radius 1 is 1.40 bits per heavy atom. The lowest BCUT2D eigenvalue weighted by Gasteiger charge is -2.19. The van der Waals surface area contributed by atoms with Crippen LogP contribution in [0.5, 0.6) is 0 Å². The van der Waals surface area contributed by atoms with Gasteiger partial charge in [-0.2, -0.15) is 0 Å². The molecule has 2 unspecified atom stereocenters. The standard InChI is InChI=1S/C14H17ClN2O3/c15-11-2-1-3-13(17(18)19)10(11)8-16-12-6-7-20-14(12)9-4-5-9/h1-3,9,12,14,16H,4-8H2. The van der Waals surface area contributed by atoms with Gasteiger partial charge in [0.1, 0.15) is 0 Å². The molecule has 0 radical (unpaired) electrons. The van der Waals surface area contributed by atoms with Crippen molar-refractivity contribution in [3.05, 3.63) is 38.9 Å². The second-order valence-electron chi connectivity index (χ2n) is 5.44.